The number of allylic oxidation sites excluding steroid dienone is 2. The maximum atomic E-state index is 13.5. The van der Waals surface area contributed by atoms with Crippen LogP contribution >= 0.6 is 11.6 Å². The first-order valence-corrected chi connectivity index (χ1v) is 13.7. The van der Waals surface area contributed by atoms with Gasteiger partial charge in [-0.25, -0.2) is 13.1 Å². The number of nitrogens with one attached hydrogen (secondary N) is 2. The van der Waals surface area contributed by atoms with Crippen molar-refractivity contribution in [3.63, 3.8) is 0 Å². The second kappa shape index (κ2) is 9.72. The smallest absolute Gasteiger partial charge is 0.281 e. The first-order valence-electron chi connectivity index (χ1n) is 11.8. The third-order valence-corrected chi connectivity index (χ3v) is 8.40. The standard InChI is InChI=1S/C27H25ClN2O6S/c1-15(2)16-7-9-18(10-8-16)37(33,34)30-27(32)25-20(26(31)19-5-3-4-6-22(19)29-25)11-17-12-23-24(13-21(17)28)36-14-35-23/h3-10,12-13,15-16,18H,11,14H2,1-2H3,(H,29,31)(H,30,32). The number of rotatable bonds is 6. The van der Waals surface area contributed by atoms with Crippen molar-refractivity contribution in [1.82, 2.24) is 9.71 Å². The lowest BCUT2D eigenvalue weighted by molar-refractivity contribution is 0.0976. The van der Waals surface area contributed by atoms with Crippen molar-refractivity contribution in [2.75, 3.05) is 6.79 Å². The van der Waals surface area contributed by atoms with Gasteiger partial charge < -0.3 is 14.5 Å². The molecule has 1 aromatic heterocycles. The molecule has 1 aliphatic heterocycles. The van der Waals surface area contributed by atoms with Crippen LogP contribution in [-0.2, 0) is 16.4 Å². The van der Waals surface area contributed by atoms with Gasteiger partial charge >= 0.3 is 0 Å². The highest BCUT2D eigenvalue weighted by Gasteiger charge is 2.29. The molecule has 37 heavy (non-hydrogen) atoms. The summed E-state index contributed by atoms with van der Waals surface area (Å²) in [6.07, 6.45) is 6.75. The van der Waals surface area contributed by atoms with Crippen LogP contribution in [0.25, 0.3) is 10.9 Å². The van der Waals surface area contributed by atoms with Crippen molar-refractivity contribution < 1.29 is 22.7 Å². The Kier molecular flexibility index (Phi) is 6.59. The van der Waals surface area contributed by atoms with Gasteiger partial charge in [0.05, 0.1) is 0 Å². The minimum atomic E-state index is -4.11. The van der Waals surface area contributed by atoms with Crippen LogP contribution in [0.3, 0.4) is 0 Å². The number of amides is 1. The average Bonchev–Trinajstić information content (AvgIpc) is 3.32. The van der Waals surface area contributed by atoms with Crippen LogP contribution in [0.2, 0.25) is 5.02 Å². The lowest BCUT2D eigenvalue weighted by atomic mass is 9.92. The number of H-pyrrole nitrogens is 1. The van der Waals surface area contributed by atoms with E-state index in [9.17, 15) is 18.0 Å². The van der Waals surface area contributed by atoms with E-state index in [2.05, 4.69) is 9.71 Å². The van der Waals surface area contributed by atoms with Crippen molar-refractivity contribution in [1.29, 1.82) is 0 Å². The summed E-state index contributed by atoms with van der Waals surface area (Å²) in [6.45, 7) is 4.14. The third-order valence-electron chi connectivity index (χ3n) is 6.55. The molecule has 0 spiro atoms. The van der Waals surface area contributed by atoms with Crippen LogP contribution in [0, 0.1) is 11.8 Å². The molecule has 10 heteroatoms. The summed E-state index contributed by atoms with van der Waals surface area (Å²) in [7, 11) is -4.11. The number of para-hydroxylation sites is 1. The summed E-state index contributed by atoms with van der Waals surface area (Å²) >= 11 is 6.44. The van der Waals surface area contributed by atoms with E-state index in [1.165, 1.54) is 0 Å². The average molecular weight is 541 g/mol. The van der Waals surface area contributed by atoms with Crippen LogP contribution in [0.4, 0.5) is 0 Å². The summed E-state index contributed by atoms with van der Waals surface area (Å²) in [5, 5.41) is -0.315. The fourth-order valence-electron chi connectivity index (χ4n) is 4.43. The molecule has 192 valence electrons. The molecule has 5 rings (SSSR count). The molecule has 1 aliphatic carbocycles. The number of carbonyl (C=O) groups excluding carboxylic acids is 1. The molecule has 1 amide bonds. The molecule has 2 aromatic carbocycles. The van der Waals surface area contributed by atoms with E-state index in [0.717, 1.165) is 0 Å². The third kappa shape index (κ3) is 4.89. The van der Waals surface area contributed by atoms with E-state index in [1.807, 2.05) is 26.0 Å². The number of hydrogen-bond donors (Lipinski definition) is 2. The number of ether oxygens (including phenoxy) is 2. The predicted molar refractivity (Wildman–Crippen MR) is 142 cm³/mol. The largest absolute Gasteiger partial charge is 0.454 e. The van der Waals surface area contributed by atoms with Gasteiger partial charge in [-0.05, 0) is 35.6 Å². The number of aromatic nitrogens is 1. The molecule has 8 nitrogen and oxygen atoms in total. The van der Waals surface area contributed by atoms with E-state index >= 15 is 0 Å². The van der Waals surface area contributed by atoms with E-state index in [0.29, 0.717) is 38.9 Å². The maximum Gasteiger partial charge on any atom is 0.281 e. The minimum Gasteiger partial charge on any atom is -0.454 e. The summed E-state index contributed by atoms with van der Waals surface area (Å²) in [5.74, 6) is 0.470. The van der Waals surface area contributed by atoms with Gasteiger partial charge in [0.25, 0.3) is 5.91 Å². The van der Waals surface area contributed by atoms with Crippen molar-refractivity contribution in [3.05, 3.63) is 92.8 Å². The Morgan fingerprint density at radius 1 is 1.11 bits per heavy atom. The van der Waals surface area contributed by atoms with E-state index < -0.39 is 26.6 Å². The van der Waals surface area contributed by atoms with Gasteiger partial charge in [-0.3, -0.25) is 9.59 Å². The number of fused-ring (bicyclic) bond motifs is 2. The zero-order chi connectivity index (χ0) is 26.3. The molecule has 0 radical (unpaired) electrons. The van der Waals surface area contributed by atoms with Crippen molar-refractivity contribution in [3.8, 4) is 11.5 Å². The Morgan fingerprint density at radius 3 is 2.49 bits per heavy atom. The van der Waals surface area contributed by atoms with E-state index in [4.69, 9.17) is 21.1 Å². The Labute approximate surface area is 219 Å². The maximum absolute atomic E-state index is 13.5. The second-order valence-corrected chi connectivity index (χ2v) is 11.6. The van der Waals surface area contributed by atoms with Gasteiger partial charge in [0.15, 0.2) is 16.9 Å². The Hall–Kier alpha value is -3.56. The number of hydrogen-bond acceptors (Lipinski definition) is 6. The highest BCUT2D eigenvalue weighted by atomic mass is 35.5. The Bertz CT molecular complexity index is 1610. The lowest BCUT2D eigenvalue weighted by Crippen LogP contribution is -2.39. The molecule has 0 bridgehead atoms. The predicted octanol–water partition coefficient (Wildman–Crippen LogP) is 4.33. The molecular formula is C27H25ClN2O6S. The van der Waals surface area contributed by atoms with Gasteiger partial charge in [-0.1, -0.05) is 61.9 Å². The van der Waals surface area contributed by atoms with Gasteiger partial charge in [-0.2, -0.15) is 0 Å². The number of aromatic amines is 1. The fraction of sp³-hybridized carbons (Fsp3) is 0.259. The summed E-state index contributed by atoms with van der Waals surface area (Å²) in [6, 6.07) is 9.96. The molecule has 0 saturated heterocycles. The summed E-state index contributed by atoms with van der Waals surface area (Å²) in [4.78, 5) is 29.8. The lowest BCUT2D eigenvalue weighted by Gasteiger charge is -2.20. The normalized spacial score (nSPS) is 18.5. The molecule has 0 fully saturated rings. The monoisotopic (exact) mass is 540 g/mol. The van der Waals surface area contributed by atoms with Gasteiger partial charge in [-0.15, -0.1) is 0 Å². The molecular weight excluding hydrogens is 516 g/mol. The zero-order valence-electron chi connectivity index (χ0n) is 20.2. The molecule has 2 N–H and O–H groups in total. The highest BCUT2D eigenvalue weighted by molar-refractivity contribution is 7.91. The van der Waals surface area contributed by atoms with Crippen LogP contribution < -0.4 is 19.6 Å². The van der Waals surface area contributed by atoms with Gasteiger partial charge in [0.1, 0.15) is 10.9 Å². The Balaban J connectivity index is 1.52. The second-order valence-electron chi connectivity index (χ2n) is 9.36. The molecule has 0 saturated carbocycles. The van der Waals surface area contributed by atoms with Crippen molar-refractivity contribution >= 4 is 38.4 Å². The zero-order valence-corrected chi connectivity index (χ0v) is 21.7. The molecule has 3 aromatic rings. The van der Waals surface area contributed by atoms with Crippen LogP contribution in [0.5, 0.6) is 11.5 Å². The SMILES string of the molecule is CC(C)C1C=CC(S(=O)(=O)NC(=O)c2[nH]c3ccccc3c(=O)c2Cc2cc3c(cc2Cl)OCO3)C=C1. The van der Waals surface area contributed by atoms with Crippen LogP contribution in [0.1, 0.15) is 35.5 Å². The van der Waals surface area contributed by atoms with Crippen LogP contribution in [0.15, 0.2) is 65.5 Å². The topological polar surface area (TPSA) is 115 Å². The molecule has 0 unspecified atom stereocenters. The first-order chi connectivity index (χ1) is 17.6. The Morgan fingerprint density at radius 2 is 1.78 bits per heavy atom. The highest BCUT2D eigenvalue weighted by Crippen LogP contribution is 2.37. The van der Waals surface area contributed by atoms with Crippen LogP contribution in [-0.4, -0.2) is 31.4 Å². The minimum absolute atomic E-state index is 0.0300. The fourth-order valence-corrected chi connectivity index (χ4v) is 5.74. The molecule has 2 heterocycles. The summed E-state index contributed by atoms with van der Waals surface area (Å²) < 4.78 is 39.1. The van der Waals surface area contributed by atoms with E-state index in [1.54, 1.807) is 48.6 Å². The number of sulfonamides is 1. The number of benzene rings is 2. The number of pyridine rings is 1. The van der Waals surface area contributed by atoms with Crippen molar-refractivity contribution in [2.24, 2.45) is 11.8 Å². The first kappa shape index (κ1) is 25.1. The van der Waals surface area contributed by atoms with Gasteiger partial charge in [0.2, 0.25) is 16.8 Å². The number of carbonyl (C=O) groups is 1. The summed E-state index contributed by atoms with van der Waals surface area (Å²) in [5.41, 5.74) is 0.476. The quantitative estimate of drug-likeness (QED) is 0.450. The van der Waals surface area contributed by atoms with Crippen molar-refractivity contribution in [2.45, 2.75) is 25.5 Å². The van der Waals surface area contributed by atoms with E-state index in [-0.39, 0.29) is 30.4 Å². The molecule has 0 atom stereocenters. The number of halogens is 1. The van der Waals surface area contributed by atoms with Gasteiger partial charge in [0, 0.05) is 34.0 Å². The molecule has 2 aliphatic rings.